The fraction of sp³-hybridized carbons (Fsp3) is 0.179. The van der Waals surface area contributed by atoms with Gasteiger partial charge in [0, 0.05) is 0 Å². The van der Waals surface area contributed by atoms with Gasteiger partial charge in [-0.2, -0.15) is 0 Å². The van der Waals surface area contributed by atoms with E-state index in [1.54, 1.807) is 49.4 Å². The molecule has 3 aromatic carbocycles. The fourth-order valence-electron chi connectivity index (χ4n) is 3.96. The monoisotopic (exact) mass is 616 g/mol. The minimum Gasteiger partial charge on any atom is -0.490 e. The van der Waals surface area contributed by atoms with E-state index < -0.39 is 17.8 Å². The lowest BCUT2D eigenvalue weighted by Crippen LogP contribution is -2.54. The molecular formula is C28H23BrCl2N2O5. The van der Waals surface area contributed by atoms with Crippen LogP contribution in [0.2, 0.25) is 10.0 Å². The highest BCUT2D eigenvalue weighted by Crippen LogP contribution is 2.38. The molecule has 7 nitrogen and oxygen atoms in total. The Bertz CT molecular complexity index is 1490. The van der Waals surface area contributed by atoms with Crippen molar-refractivity contribution in [3.05, 3.63) is 90.9 Å². The quantitative estimate of drug-likeness (QED) is 0.228. The number of carbonyl (C=O) groups excluding carboxylic acids is 3. The topological polar surface area (TPSA) is 84.9 Å². The molecule has 0 aromatic heterocycles. The minimum absolute atomic E-state index is 0.191. The summed E-state index contributed by atoms with van der Waals surface area (Å²) in [5.41, 5.74) is 3.23. The van der Waals surface area contributed by atoms with Gasteiger partial charge in [0.05, 0.1) is 26.8 Å². The van der Waals surface area contributed by atoms with Crippen LogP contribution in [0.4, 0.5) is 10.5 Å². The molecule has 4 amide bonds. The third-order valence-electron chi connectivity index (χ3n) is 5.70. The number of rotatable bonds is 7. The molecule has 0 radical (unpaired) electrons. The van der Waals surface area contributed by atoms with Crippen molar-refractivity contribution < 1.29 is 23.9 Å². The van der Waals surface area contributed by atoms with Gasteiger partial charge in [0.15, 0.2) is 11.5 Å². The first-order valence-corrected chi connectivity index (χ1v) is 13.2. The number of benzene rings is 3. The Kier molecular flexibility index (Phi) is 8.45. The molecule has 1 aliphatic heterocycles. The number of amides is 4. The number of ether oxygens (including phenoxy) is 2. The van der Waals surface area contributed by atoms with Crippen LogP contribution in [-0.2, 0) is 16.2 Å². The van der Waals surface area contributed by atoms with Crippen molar-refractivity contribution in [1.29, 1.82) is 0 Å². The summed E-state index contributed by atoms with van der Waals surface area (Å²) in [5, 5.41) is 3.12. The van der Waals surface area contributed by atoms with Gasteiger partial charge in [0.25, 0.3) is 11.8 Å². The van der Waals surface area contributed by atoms with Gasteiger partial charge in [-0.05, 0) is 89.8 Å². The Balaban J connectivity index is 1.67. The third kappa shape index (κ3) is 5.88. The van der Waals surface area contributed by atoms with Crippen LogP contribution in [0.3, 0.4) is 0 Å². The molecule has 1 heterocycles. The number of hydrogen-bond donors (Lipinski definition) is 1. The number of halogens is 3. The highest BCUT2D eigenvalue weighted by molar-refractivity contribution is 9.10. The highest BCUT2D eigenvalue weighted by atomic mass is 79.9. The summed E-state index contributed by atoms with van der Waals surface area (Å²) >= 11 is 15.6. The van der Waals surface area contributed by atoms with Crippen LogP contribution in [0.1, 0.15) is 29.2 Å². The molecular weight excluding hydrogens is 595 g/mol. The van der Waals surface area contributed by atoms with Gasteiger partial charge in [-0.1, -0.05) is 47.0 Å². The Morgan fingerprint density at radius 1 is 0.974 bits per heavy atom. The van der Waals surface area contributed by atoms with Crippen molar-refractivity contribution >= 4 is 68.7 Å². The maximum atomic E-state index is 13.3. The van der Waals surface area contributed by atoms with E-state index in [-0.39, 0.29) is 12.2 Å². The van der Waals surface area contributed by atoms with Crippen LogP contribution >= 0.6 is 39.1 Å². The van der Waals surface area contributed by atoms with E-state index in [0.29, 0.717) is 43.9 Å². The second kappa shape index (κ2) is 11.6. The summed E-state index contributed by atoms with van der Waals surface area (Å²) in [4.78, 5) is 39.6. The van der Waals surface area contributed by atoms with Crippen molar-refractivity contribution in [2.45, 2.75) is 27.4 Å². The van der Waals surface area contributed by atoms with Crippen LogP contribution in [0.25, 0.3) is 6.08 Å². The number of imide groups is 2. The smallest absolute Gasteiger partial charge is 0.335 e. The van der Waals surface area contributed by atoms with Gasteiger partial charge in [-0.15, -0.1) is 0 Å². The van der Waals surface area contributed by atoms with E-state index >= 15 is 0 Å². The van der Waals surface area contributed by atoms with Crippen LogP contribution in [0.5, 0.6) is 11.5 Å². The number of hydrogen-bond acceptors (Lipinski definition) is 5. The van der Waals surface area contributed by atoms with Gasteiger partial charge in [0.1, 0.15) is 12.2 Å². The molecule has 0 unspecified atom stereocenters. The van der Waals surface area contributed by atoms with Crippen molar-refractivity contribution in [2.75, 3.05) is 11.5 Å². The summed E-state index contributed by atoms with van der Waals surface area (Å²) in [7, 11) is 0. The Morgan fingerprint density at radius 3 is 2.42 bits per heavy atom. The van der Waals surface area contributed by atoms with Gasteiger partial charge in [0.2, 0.25) is 0 Å². The molecule has 1 fully saturated rings. The van der Waals surface area contributed by atoms with E-state index in [1.165, 1.54) is 6.08 Å². The molecule has 196 valence electrons. The SMILES string of the molecule is CCOc1cc(/C=C2\C(=O)NC(=O)N(c3ccc(C)cc3C)C2=O)cc(Br)c1OCc1ccc(Cl)c(Cl)c1. The average molecular weight is 618 g/mol. The van der Waals surface area contributed by atoms with Crippen molar-refractivity contribution in [2.24, 2.45) is 0 Å². The van der Waals surface area contributed by atoms with E-state index in [4.69, 9.17) is 32.7 Å². The van der Waals surface area contributed by atoms with Crippen LogP contribution in [0.15, 0.2) is 58.6 Å². The standard InChI is InChI=1S/C28H23BrCl2N2O5/c1-4-37-24-13-18(11-20(29)25(24)38-14-17-6-7-21(30)22(31)12-17)10-19-26(34)32-28(36)33(27(19)35)23-8-5-15(2)9-16(23)3/h5-13H,4,14H2,1-3H3,(H,32,34,36)/b19-10+. The van der Waals surface area contributed by atoms with E-state index in [9.17, 15) is 14.4 Å². The lowest BCUT2D eigenvalue weighted by molar-refractivity contribution is -0.122. The maximum Gasteiger partial charge on any atom is 0.335 e. The molecule has 10 heteroatoms. The maximum absolute atomic E-state index is 13.3. The Labute approximate surface area is 238 Å². The summed E-state index contributed by atoms with van der Waals surface area (Å²) in [6.45, 7) is 6.08. The molecule has 1 N–H and O–H groups in total. The van der Waals surface area contributed by atoms with E-state index in [1.807, 2.05) is 19.9 Å². The molecule has 0 atom stereocenters. The molecule has 1 aliphatic rings. The number of carbonyl (C=O) groups is 3. The molecule has 0 aliphatic carbocycles. The van der Waals surface area contributed by atoms with Crippen molar-refractivity contribution in [3.8, 4) is 11.5 Å². The molecule has 3 aromatic rings. The number of aryl methyl sites for hydroxylation is 2. The normalized spacial score (nSPS) is 14.6. The highest BCUT2D eigenvalue weighted by Gasteiger charge is 2.37. The summed E-state index contributed by atoms with van der Waals surface area (Å²) in [5.74, 6) is -0.666. The van der Waals surface area contributed by atoms with Gasteiger partial charge < -0.3 is 9.47 Å². The number of barbiturate groups is 1. The van der Waals surface area contributed by atoms with E-state index in [0.717, 1.165) is 21.6 Å². The average Bonchev–Trinajstić information content (AvgIpc) is 2.85. The summed E-state index contributed by atoms with van der Waals surface area (Å²) in [6.07, 6.45) is 1.41. The zero-order valence-electron chi connectivity index (χ0n) is 20.7. The van der Waals surface area contributed by atoms with Crippen LogP contribution in [0, 0.1) is 13.8 Å². The van der Waals surface area contributed by atoms with E-state index in [2.05, 4.69) is 21.2 Å². The van der Waals surface area contributed by atoms with Gasteiger partial charge >= 0.3 is 6.03 Å². The number of nitrogens with zero attached hydrogens (tertiary/aromatic N) is 1. The lowest BCUT2D eigenvalue weighted by atomic mass is 10.0. The molecule has 0 bridgehead atoms. The molecule has 0 spiro atoms. The second-order valence-electron chi connectivity index (χ2n) is 8.55. The first-order chi connectivity index (χ1) is 18.1. The van der Waals surface area contributed by atoms with Crippen molar-refractivity contribution in [3.63, 3.8) is 0 Å². The zero-order valence-corrected chi connectivity index (χ0v) is 23.8. The number of anilines is 1. The fourth-order valence-corrected chi connectivity index (χ4v) is 4.85. The third-order valence-corrected chi connectivity index (χ3v) is 7.03. The number of nitrogens with one attached hydrogen (secondary N) is 1. The van der Waals surface area contributed by atoms with Crippen LogP contribution in [-0.4, -0.2) is 24.5 Å². The van der Waals surface area contributed by atoms with Crippen molar-refractivity contribution in [1.82, 2.24) is 5.32 Å². The largest absolute Gasteiger partial charge is 0.490 e. The lowest BCUT2D eigenvalue weighted by Gasteiger charge is -2.27. The van der Waals surface area contributed by atoms with Gasteiger partial charge in [-0.25, -0.2) is 9.69 Å². The Morgan fingerprint density at radius 2 is 1.74 bits per heavy atom. The minimum atomic E-state index is -0.800. The number of urea groups is 1. The van der Waals surface area contributed by atoms with Crippen LogP contribution < -0.4 is 19.7 Å². The molecule has 1 saturated heterocycles. The predicted molar refractivity (Wildman–Crippen MR) is 151 cm³/mol. The van der Waals surface area contributed by atoms with Gasteiger partial charge in [-0.3, -0.25) is 14.9 Å². The zero-order chi connectivity index (χ0) is 27.6. The molecule has 38 heavy (non-hydrogen) atoms. The summed E-state index contributed by atoms with van der Waals surface area (Å²) in [6, 6.07) is 13.1. The first kappa shape index (κ1) is 27.7. The second-order valence-corrected chi connectivity index (χ2v) is 10.2. The first-order valence-electron chi connectivity index (χ1n) is 11.6. The molecule has 4 rings (SSSR count). The summed E-state index contributed by atoms with van der Waals surface area (Å²) < 4.78 is 12.3. The Hall–Kier alpha value is -3.33. The molecule has 0 saturated carbocycles. The predicted octanol–water partition coefficient (Wildman–Crippen LogP) is 7.02.